The fourth-order valence-electron chi connectivity index (χ4n) is 1.35. The van der Waals surface area contributed by atoms with E-state index in [2.05, 4.69) is 10.2 Å². The molecule has 0 radical (unpaired) electrons. The minimum absolute atomic E-state index is 0.160. The summed E-state index contributed by atoms with van der Waals surface area (Å²) in [5.74, 6) is 0.160. The normalized spacial score (nSPS) is 10.2. The Bertz CT molecular complexity index is 537. The van der Waals surface area contributed by atoms with Crippen molar-refractivity contribution < 1.29 is 9.84 Å². The molecule has 0 fully saturated rings. The highest BCUT2D eigenvalue weighted by atomic mass is 16.5. The third-order valence-electron chi connectivity index (χ3n) is 2.22. The minimum Gasteiger partial charge on any atom is -0.483 e. The second-order valence-corrected chi connectivity index (χ2v) is 3.49. The molecule has 1 aromatic heterocycles. The van der Waals surface area contributed by atoms with Crippen molar-refractivity contribution in [3.05, 3.63) is 58.0 Å². The molecule has 0 atom stereocenters. The van der Waals surface area contributed by atoms with Crippen molar-refractivity contribution in [2.75, 3.05) is 0 Å². The first kappa shape index (κ1) is 11.3. The molecule has 0 bridgehead atoms. The number of aliphatic hydroxyl groups is 1. The molecule has 2 N–H and O–H groups in total. The smallest absolute Gasteiger partial charge is 0.306 e. The molecule has 0 aliphatic heterocycles. The Hall–Kier alpha value is -2.14. The van der Waals surface area contributed by atoms with Crippen LogP contribution in [0.4, 0.5) is 0 Å². The second kappa shape index (κ2) is 5.27. The highest BCUT2D eigenvalue weighted by molar-refractivity contribution is 5.20. The first-order valence-electron chi connectivity index (χ1n) is 5.16. The van der Waals surface area contributed by atoms with Crippen molar-refractivity contribution in [2.24, 2.45) is 0 Å². The van der Waals surface area contributed by atoms with E-state index in [0.717, 1.165) is 5.56 Å². The summed E-state index contributed by atoms with van der Waals surface area (Å²) in [5, 5.41) is 14.8. The number of aromatic nitrogens is 2. The van der Waals surface area contributed by atoms with Crippen LogP contribution >= 0.6 is 0 Å². The number of aromatic amines is 1. The van der Waals surface area contributed by atoms with Crippen molar-refractivity contribution in [1.29, 1.82) is 0 Å². The van der Waals surface area contributed by atoms with E-state index in [4.69, 9.17) is 9.84 Å². The summed E-state index contributed by atoms with van der Waals surface area (Å²) < 4.78 is 5.37. The van der Waals surface area contributed by atoms with Gasteiger partial charge in [0, 0.05) is 6.07 Å². The Morgan fingerprint density at radius 1 is 1.29 bits per heavy atom. The molecule has 88 valence electrons. The SMILES string of the molecule is O=c1[nH]nc(CO)cc1OCc1ccccc1. The van der Waals surface area contributed by atoms with Crippen LogP contribution in [-0.2, 0) is 13.2 Å². The van der Waals surface area contributed by atoms with Crippen LogP contribution < -0.4 is 10.3 Å². The first-order chi connectivity index (χ1) is 8.29. The van der Waals surface area contributed by atoms with Crippen molar-refractivity contribution in [2.45, 2.75) is 13.2 Å². The lowest BCUT2D eigenvalue weighted by molar-refractivity contribution is 0.269. The molecule has 5 nitrogen and oxygen atoms in total. The second-order valence-electron chi connectivity index (χ2n) is 3.49. The Morgan fingerprint density at radius 2 is 2.06 bits per heavy atom. The molecule has 17 heavy (non-hydrogen) atoms. The number of nitrogens with one attached hydrogen (secondary N) is 1. The first-order valence-corrected chi connectivity index (χ1v) is 5.16. The van der Waals surface area contributed by atoms with Crippen LogP contribution in [0.15, 0.2) is 41.2 Å². The van der Waals surface area contributed by atoms with Crippen LogP contribution in [0.1, 0.15) is 11.3 Å². The average Bonchev–Trinajstić information content (AvgIpc) is 2.39. The van der Waals surface area contributed by atoms with E-state index in [1.54, 1.807) is 0 Å². The quantitative estimate of drug-likeness (QED) is 0.819. The molecule has 0 saturated heterocycles. The lowest BCUT2D eigenvalue weighted by Crippen LogP contribution is -2.14. The van der Waals surface area contributed by atoms with E-state index in [1.807, 2.05) is 30.3 Å². The molecule has 1 aromatic carbocycles. The highest BCUT2D eigenvalue weighted by Crippen LogP contribution is 2.07. The highest BCUT2D eigenvalue weighted by Gasteiger charge is 2.03. The maximum Gasteiger partial charge on any atom is 0.306 e. The molecule has 0 aliphatic carbocycles. The van der Waals surface area contributed by atoms with Gasteiger partial charge in [0.1, 0.15) is 6.61 Å². The molecular weight excluding hydrogens is 220 g/mol. The largest absolute Gasteiger partial charge is 0.483 e. The zero-order valence-electron chi connectivity index (χ0n) is 9.09. The fraction of sp³-hybridized carbons (Fsp3) is 0.167. The maximum absolute atomic E-state index is 11.4. The zero-order valence-corrected chi connectivity index (χ0v) is 9.09. The van der Waals surface area contributed by atoms with Gasteiger partial charge in [0.25, 0.3) is 0 Å². The number of nitrogens with zero attached hydrogens (tertiary/aromatic N) is 1. The molecule has 2 aromatic rings. The predicted octanol–water partition coefficient (Wildman–Crippen LogP) is 0.841. The molecule has 0 unspecified atom stereocenters. The van der Waals surface area contributed by atoms with Gasteiger partial charge in [-0.1, -0.05) is 30.3 Å². The molecule has 5 heteroatoms. The van der Waals surface area contributed by atoms with Crippen LogP contribution in [0.25, 0.3) is 0 Å². The van der Waals surface area contributed by atoms with Crippen LogP contribution in [0.3, 0.4) is 0 Å². The molecule has 0 aliphatic rings. The lowest BCUT2D eigenvalue weighted by Gasteiger charge is -2.05. The van der Waals surface area contributed by atoms with Gasteiger partial charge in [0.05, 0.1) is 12.3 Å². The van der Waals surface area contributed by atoms with E-state index in [-0.39, 0.29) is 12.4 Å². The number of benzene rings is 1. The van der Waals surface area contributed by atoms with Gasteiger partial charge >= 0.3 is 5.56 Å². The number of hydrogen-bond donors (Lipinski definition) is 2. The Morgan fingerprint density at radius 3 is 2.76 bits per heavy atom. The van der Waals surface area contributed by atoms with Crippen LogP contribution in [0.5, 0.6) is 5.75 Å². The third-order valence-corrected chi connectivity index (χ3v) is 2.22. The molecule has 0 spiro atoms. The molecular formula is C12H12N2O3. The van der Waals surface area contributed by atoms with E-state index in [0.29, 0.717) is 12.3 Å². The van der Waals surface area contributed by atoms with Gasteiger partial charge < -0.3 is 9.84 Å². The summed E-state index contributed by atoms with van der Waals surface area (Å²) in [6.07, 6.45) is 0. The lowest BCUT2D eigenvalue weighted by atomic mass is 10.2. The van der Waals surface area contributed by atoms with Gasteiger partial charge in [0.2, 0.25) is 0 Å². The molecule has 2 rings (SSSR count). The molecule has 0 saturated carbocycles. The maximum atomic E-state index is 11.4. The number of aliphatic hydroxyl groups excluding tert-OH is 1. The van der Waals surface area contributed by atoms with E-state index >= 15 is 0 Å². The van der Waals surface area contributed by atoms with E-state index in [1.165, 1.54) is 6.07 Å². The predicted molar refractivity (Wildman–Crippen MR) is 61.6 cm³/mol. The monoisotopic (exact) mass is 232 g/mol. The Balaban J connectivity index is 2.11. The van der Waals surface area contributed by atoms with Crippen molar-refractivity contribution in [3.63, 3.8) is 0 Å². The summed E-state index contributed by atoms with van der Waals surface area (Å²) in [7, 11) is 0. The average molecular weight is 232 g/mol. The Labute approximate surface area is 97.7 Å². The standard InChI is InChI=1S/C12H12N2O3/c15-7-10-6-11(12(16)14-13-10)17-8-9-4-2-1-3-5-9/h1-6,15H,7-8H2,(H,14,16). The van der Waals surface area contributed by atoms with Crippen molar-refractivity contribution in [3.8, 4) is 5.75 Å². The van der Waals surface area contributed by atoms with Gasteiger partial charge in [0.15, 0.2) is 5.75 Å². The summed E-state index contributed by atoms with van der Waals surface area (Å²) in [6.45, 7) is 0.0667. The summed E-state index contributed by atoms with van der Waals surface area (Å²) in [4.78, 5) is 11.4. The van der Waals surface area contributed by atoms with Crippen LogP contribution in [0.2, 0.25) is 0 Å². The van der Waals surface area contributed by atoms with Gasteiger partial charge in [-0.2, -0.15) is 5.10 Å². The van der Waals surface area contributed by atoms with Crippen molar-refractivity contribution in [1.82, 2.24) is 10.2 Å². The van der Waals surface area contributed by atoms with Crippen molar-refractivity contribution >= 4 is 0 Å². The van der Waals surface area contributed by atoms with Gasteiger partial charge in [-0.25, -0.2) is 5.10 Å². The minimum atomic E-state index is -0.405. The van der Waals surface area contributed by atoms with Crippen LogP contribution in [-0.4, -0.2) is 15.3 Å². The number of rotatable bonds is 4. The van der Waals surface area contributed by atoms with Gasteiger partial charge in [-0.05, 0) is 5.56 Å². The van der Waals surface area contributed by atoms with E-state index < -0.39 is 5.56 Å². The number of H-pyrrole nitrogens is 1. The fourth-order valence-corrected chi connectivity index (χ4v) is 1.35. The molecule has 0 amide bonds. The van der Waals surface area contributed by atoms with Crippen LogP contribution in [0, 0.1) is 0 Å². The summed E-state index contributed by atoms with van der Waals surface area (Å²) >= 11 is 0. The Kier molecular flexibility index (Phi) is 3.52. The van der Waals surface area contributed by atoms with E-state index in [9.17, 15) is 4.79 Å². The van der Waals surface area contributed by atoms with Gasteiger partial charge in [-0.3, -0.25) is 4.79 Å². The zero-order chi connectivity index (χ0) is 12.1. The number of hydrogen-bond acceptors (Lipinski definition) is 4. The summed E-state index contributed by atoms with van der Waals surface area (Å²) in [6, 6.07) is 10.9. The third kappa shape index (κ3) is 2.92. The van der Waals surface area contributed by atoms with Gasteiger partial charge in [-0.15, -0.1) is 0 Å². The molecule has 1 heterocycles. The summed E-state index contributed by atoms with van der Waals surface area (Å²) in [5.41, 5.74) is 0.931. The number of ether oxygens (including phenoxy) is 1. The topological polar surface area (TPSA) is 75.2 Å².